The SMILES string of the molecule is CCCCCCCCCCCCCCCCC(=O)O[C@H](COC(=O)CCCCCCCCC)CO[C@H]1O[C@@H](CO)[C@@H](O)C(O)C1O. The number of aliphatic hydroxyl groups is 4. The maximum atomic E-state index is 12.6. The molecular formula is C36H68O10. The van der Waals surface area contributed by atoms with E-state index in [0.29, 0.717) is 6.42 Å². The van der Waals surface area contributed by atoms with Gasteiger partial charge in [-0.25, -0.2) is 0 Å². The number of aliphatic hydroxyl groups excluding tert-OH is 4. The fourth-order valence-corrected chi connectivity index (χ4v) is 5.72. The fourth-order valence-electron chi connectivity index (χ4n) is 5.72. The standard InChI is InChI=1S/C36H68O10/c1-3-5-7-9-11-12-13-14-15-16-17-19-21-23-25-32(39)45-29(27-43-31(38)24-22-20-18-10-8-6-4-2)28-44-36-35(42)34(41)33(40)30(26-37)46-36/h29-30,33-37,40-42H,3-28H2,1-2H3/t29-,30+,33-,34?,35?,36+/m1/s1. The van der Waals surface area contributed by atoms with Crippen LogP contribution in [-0.2, 0) is 28.5 Å². The Morgan fingerprint density at radius 3 is 1.48 bits per heavy atom. The van der Waals surface area contributed by atoms with Gasteiger partial charge in [-0.15, -0.1) is 0 Å². The van der Waals surface area contributed by atoms with Crippen molar-refractivity contribution in [3.63, 3.8) is 0 Å². The average Bonchev–Trinajstić information content (AvgIpc) is 3.05. The van der Waals surface area contributed by atoms with Crippen LogP contribution in [0.1, 0.15) is 162 Å². The number of hydrogen-bond acceptors (Lipinski definition) is 10. The molecule has 0 aromatic heterocycles. The molecule has 1 heterocycles. The quantitative estimate of drug-likeness (QED) is 0.0512. The monoisotopic (exact) mass is 660 g/mol. The summed E-state index contributed by atoms with van der Waals surface area (Å²) in [6, 6.07) is 0. The molecule has 1 saturated heterocycles. The van der Waals surface area contributed by atoms with E-state index in [1.807, 2.05) is 0 Å². The Balaban J connectivity index is 2.38. The molecule has 1 fully saturated rings. The van der Waals surface area contributed by atoms with Crippen molar-refractivity contribution in [3.8, 4) is 0 Å². The summed E-state index contributed by atoms with van der Waals surface area (Å²) in [7, 11) is 0. The molecule has 0 saturated carbocycles. The van der Waals surface area contributed by atoms with Gasteiger partial charge in [0, 0.05) is 12.8 Å². The number of carbonyl (C=O) groups excluding carboxylic acids is 2. The van der Waals surface area contributed by atoms with Crippen LogP contribution >= 0.6 is 0 Å². The van der Waals surface area contributed by atoms with Crippen LogP contribution < -0.4 is 0 Å². The normalized spacial score (nSPS) is 22.1. The minimum atomic E-state index is -1.59. The lowest BCUT2D eigenvalue weighted by molar-refractivity contribution is -0.305. The third-order valence-electron chi connectivity index (χ3n) is 8.74. The zero-order chi connectivity index (χ0) is 33.8. The highest BCUT2D eigenvalue weighted by Gasteiger charge is 2.44. The van der Waals surface area contributed by atoms with Crippen molar-refractivity contribution < 1.29 is 49.0 Å². The molecular weight excluding hydrogens is 592 g/mol. The first-order chi connectivity index (χ1) is 22.3. The van der Waals surface area contributed by atoms with E-state index in [1.54, 1.807) is 0 Å². The molecule has 0 radical (unpaired) electrons. The predicted octanol–water partition coefficient (Wildman–Crippen LogP) is 6.27. The number of hydrogen-bond donors (Lipinski definition) is 4. The highest BCUT2D eigenvalue weighted by Crippen LogP contribution is 2.22. The first-order valence-corrected chi connectivity index (χ1v) is 18.6. The van der Waals surface area contributed by atoms with Crippen molar-refractivity contribution in [3.05, 3.63) is 0 Å². The lowest BCUT2D eigenvalue weighted by Gasteiger charge is -2.39. The number of carbonyl (C=O) groups is 2. The van der Waals surface area contributed by atoms with E-state index >= 15 is 0 Å². The van der Waals surface area contributed by atoms with Gasteiger partial charge >= 0.3 is 11.9 Å². The largest absolute Gasteiger partial charge is 0.462 e. The second-order valence-electron chi connectivity index (χ2n) is 13.0. The van der Waals surface area contributed by atoms with Gasteiger partial charge in [-0.1, -0.05) is 136 Å². The molecule has 1 rings (SSSR count). The minimum Gasteiger partial charge on any atom is -0.462 e. The van der Waals surface area contributed by atoms with Gasteiger partial charge in [0.1, 0.15) is 31.0 Å². The lowest BCUT2D eigenvalue weighted by Crippen LogP contribution is -2.59. The van der Waals surface area contributed by atoms with Gasteiger partial charge in [0.25, 0.3) is 0 Å². The van der Waals surface area contributed by atoms with Crippen LogP contribution in [0.2, 0.25) is 0 Å². The molecule has 0 bridgehead atoms. The molecule has 10 heteroatoms. The van der Waals surface area contributed by atoms with Crippen LogP contribution in [0.5, 0.6) is 0 Å². The summed E-state index contributed by atoms with van der Waals surface area (Å²) in [6.45, 7) is 3.36. The minimum absolute atomic E-state index is 0.211. The van der Waals surface area contributed by atoms with Crippen molar-refractivity contribution in [1.82, 2.24) is 0 Å². The summed E-state index contributed by atoms with van der Waals surface area (Å²) in [5.74, 6) is -0.807. The van der Waals surface area contributed by atoms with Gasteiger partial charge < -0.3 is 39.4 Å². The van der Waals surface area contributed by atoms with Crippen molar-refractivity contribution in [2.45, 2.75) is 198 Å². The molecule has 1 aliphatic heterocycles. The first-order valence-electron chi connectivity index (χ1n) is 18.6. The number of rotatable bonds is 30. The van der Waals surface area contributed by atoms with E-state index < -0.39 is 49.4 Å². The Hall–Kier alpha value is -1.30. The Bertz CT molecular complexity index is 734. The van der Waals surface area contributed by atoms with E-state index in [4.69, 9.17) is 18.9 Å². The van der Waals surface area contributed by atoms with Crippen molar-refractivity contribution in [2.24, 2.45) is 0 Å². The van der Waals surface area contributed by atoms with Crippen LogP contribution in [0.3, 0.4) is 0 Å². The summed E-state index contributed by atoms with van der Waals surface area (Å²) in [5, 5.41) is 39.8. The number of ether oxygens (including phenoxy) is 4. The second-order valence-corrected chi connectivity index (χ2v) is 13.0. The van der Waals surface area contributed by atoms with Gasteiger partial charge in [-0.2, -0.15) is 0 Å². The fraction of sp³-hybridized carbons (Fsp3) is 0.944. The van der Waals surface area contributed by atoms with E-state index in [-0.39, 0.29) is 32.0 Å². The van der Waals surface area contributed by atoms with E-state index in [9.17, 15) is 30.0 Å². The third kappa shape index (κ3) is 20.8. The summed E-state index contributed by atoms with van der Waals surface area (Å²) >= 11 is 0. The van der Waals surface area contributed by atoms with Gasteiger partial charge in [-0.3, -0.25) is 9.59 Å². The summed E-state index contributed by atoms with van der Waals surface area (Å²) < 4.78 is 22.0. The molecule has 0 amide bonds. The summed E-state index contributed by atoms with van der Waals surface area (Å²) in [5.41, 5.74) is 0. The molecule has 4 N–H and O–H groups in total. The Labute approximate surface area is 278 Å². The molecule has 0 aromatic rings. The predicted molar refractivity (Wildman–Crippen MR) is 178 cm³/mol. The molecule has 2 unspecified atom stereocenters. The van der Waals surface area contributed by atoms with E-state index in [0.717, 1.165) is 44.9 Å². The molecule has 272 valence electrons. The number of unbranched alkanes of at least 4 members (excludes halogenated alkanes) is 19. The molecule has 6 atom stereocenters. The molecule has 0 aromatic carbocycles. The highest BCUT2D eigenvalue weighted by molar-refractivity contribution is 5.70. The maximum absolute atomic E-state index is 12.6. The van der Waals surface area contributed by atoms with Gasteiger partial charge in [0.05, 0.1) is 13.2 Å². The maximum Gasteiger partial charge on any atom is 0.306 e. The van der Waals surface area contributed by atoms with Crippen LogP contribution in [-0.4, -0.2) is 89.0 Å². The van der Waals surface area contributed by atoms with Crippen LogP contribution in [0.4, 0.5) is 0 Å². The van der Waals surface area contributed by atoms with Crippen LogP contribution in [0, 0.1) is 0 Å². The van der Waals surface area contributed by atoms with Crippen LogP contribution in [0.15, 0.2) is 0 Å². The molecule has 46 heavy (non-hydrogen) atoms. The lowest BCUT2D eigenvalue weighted by atomic mass is 9.99. The Morgan fingerprint density at radius 2 is 1.02 bits per heavy atom. The third-order valence-corrected chi connectivity index (χ3v) is 8.74. The molecule has 0 spiro atoms. The smallest absolute Gasteiger partial charge is 0.306 e. The van der Waals surface area contributed by atoms with E-state index in [2.05, 4.69) is 13.8 Å². The molecule has 10 nitrogen and oxygen atoms in total. The highest BCUT2D eigenvalue weighted by atomic mass is 16.7. The topological polar surface area (TPSA) is 152 Å². The zero-order valence-corrected chi connectivity index (χ0v) is 29.1. The molecule has 0 aliphatic carbocycles. The first kappa shape index (κ1) is 42.7. The second kappa shape index (κ2) is 28.7. The van der Waals surface area contributed by atoms with Crippen molar-refractivity contribution >= 4 is 11.9 Å². The van der Waals surface area contributed by atoms with Gasteiger partial charge in [-0.05, 0) is 12.8 Å². The zero-order valence-electron chi connectivity index (χ0n) is 29.1. The summed E-state index contributed by atoms with van der Waals surface area (Å²) in [6.07, 6.45) is 17.1. The summed E-state index contributed by atoms with van der Waals surface area (Å²) in [4.78, 5) is 25.0. The Kier molecular flexibility index (Phi) is 26.6. The van der Waals surface area contributed by atoms with E-state index in [1.165, 1.54) is 83.5 Å². The van der Waals surface area contributed by atoms with Crippen molar-refractivity contribution in [2.75, 3.05) is 19.8 Å². The average molecular weight is 661 g/mol. The van der Waals surface area contributed by atoms with Gasteiger partial charge in [0.2, 0.25) is 0 Å². The Morgan fingerprint density at radius 1 is 0.587 bits per heavy atom. The van der Waals surface area contributed by atoms with Crippen LogP contribution in [0.25, 0.3) is 0 Å². The number of esters is 2. The van der Waals surface area contributed by atoms with Crippen molar-refractivity contribution in [1.29, 1.82) is 0 Å². The van der Waals surface area contributed by atoms with Gasteiger partial charge in [0.15, 0.2) is 12.4 Å². The molecule has 1 aliphatic rings.